The summed E-state index contributed by atoms with van der Waals surface area (Å²) in [6.07, 6.45) is 7.15. The van der Waals surface area contributed by atoms with Crippen LogP contribution in [0.3, 0.4) is 0 Å². The maximum Gasteiger partial charge on any atom is 0.227 e. The lowest BCUT2D eigenvalue weighted by Gasteiger charge is -2.32. The average molecular weight is 388 g/mol. The molecule has 4 rings (SSSR count). The van der Waals surface area contributed by atoms with Crippen LogP contribution in [0.4, 0.5) is 11.8 Å². The third kappa shape index (κ3) is 4.91. The molecule has 0 N–H and O–H groups in total. The Kier molecular flexibility index (Phi) is 6.03. The number of anilines is 2. The molecule has 1 aliphatic rings. The quantitative estimate of drug-likeness (QED) is 0.625. The SMILES string of the molecule is CC1CCCN(c2nc(-c3ccccc3)cc(N(C)CCc3ccncc3)n2)C1. The Hall–Kier alpha value is -2.95. The van der Waals surface area contributed by atoms with E-state index in [0.717, 1.165) is 49.1 Å². The minimum absolute atomic E-state index is 0.681. The second kappa shape index (κ2) is 9.03. The summed E-state index contributed by atoms with van der Waals surface area (Å²) in [5.74, 6) is 2.51. The van der Waals surface area contributed by atoms with Crippen molar-refractivity contribution in [3.05, 3.63) is 66.5 Å². The maximum absolute atomic E-state index is 4.96. The fourth-order valence-corrected chi connectivity index (χ4v) is 3.85. The van der Waals surface area contributed by atoms with Gasteiger partial charge in [-0.05, 0) is 42.9 Å². The summed E-state index contributed by atoms with van der Waals surface area (Å²) in [6, 6.07) is 16.7. The van der Waals surface area contributed by atoms with Crippen molar-refractivity contribution < 1.29 is 0 Å². The molecule has 5 nitrogen and oxygen atoms in total. The van der Waals surface area contributed by atoms with Gasteiger partial charge in [0.05, 0.1) is 5.69 Å². The number of hydrogen-bond acceptors (Lipinski definition) is 5. The summed E-state index contributed by atoms with van der Waals surface area (Å²) in [5.41, 5.74) is 3.40. The molecule has 1 saturated heterocycles. The molecule has 0 bridgehead atoms. The van der Waals surface area contributed by atoms with Crippen molar-refractivity contribution >= 4 is 11.8 Å². The Morgan fingerprint density at radius 2 is 1.86 bits per heavy atom. The van der Waals surface area contributed by atoms with E-state index in [-0.39, 0.29) is 0 Å². The smallest absolute Gasteiger partial charge is 0.227 e. The van der Waals surface area contributed by atoms with Crippen molar-refractivity contribution in [3.63, 3.8) is 0 Å². The van der Waals surface area contributed by atoms with Crippen LogP contribution in [0.2, 0.25) is 0 Å². The van der Waals surface area contributed by atoms with Gasteiger partial charge in [-0.1, -0.05) is 37.3 Å². The summed E-state index contributed by atoms with van der Waals surface area (Å²) < 4.78 is 0. The monoisotopic (exact) mass is 387 g/mol. The van der Waals surface area contributed by atoms with E-state index in [1.54, 1.807) is 0 Å². The number of likely N-dealkylation sites (N-methyl/N-ethyl adjacent to an activating group) is 1. The number of benzene rings is 1. The van der Waals surface area contributed by atoms with Gasteiger partial charge in [0.15, 0.2) is 0 Å². The molecule has 1 aliphatic heterocycles. The first-order chi connectivity index (χ1) is 14.2. The van der Waals surface area contributed by atoms with E-state index in [4.69, 9.17) is 9.97 Å². The highest BCUT2D eigenvalue weighted by Gasteiger charge is 2.20. The van der Waals surface area contributed by atoms with Gasteiger partial charge in [0.25, 0.3) is 0 Å². The zero-order valence-corrected chi connectivity index (χ0v) is 17.3. The first-order valence-corrected chi connectivity index (χ1v) is 10.5. The van der Waals surface area contributed by atoms with Gasteiger partial charge in [0.1, 0.15) is 5.82 Å². The van der Waals surface area contributed by atoms with Crippen molar-refractivity contribution in [1.82, 2.24) is 15.0 Å². The fraction of sp³-hybridized carbons (Fsp3) is 0.375. The Balaban J connectivity index is 1.62. The summed E-state index contributed by atoms with van der Waals surface area (Å²) in [7, 11) is 2.11. The highest BCUT2D eigenvalue weighted by atomic mass is 15.3. The standard InChI is InChI=1S/C24H29N5/c1-19-7-6-15-29(18-19)24-26-22(21-8-4-3-5-9-21)17-23(27-24)28(2)16-12-20-10-13-25-14-11-20/h3-5,8-11,13-14,17,19H,6-7,12,15-16,18H2,1-2H3. The number of aromatic nitrogens is 3. The van der Waals surface area contributed by atoms with Crippen LogP contribution >= 0.6 is 0 Å². The molecular weight excluding hydrogens is 358 g/mol. The average Bonchev–Trinajstić information content (AvgIpc) is 2.78. The van der Waals surface area contributed by atoms with Crippen LogP contribution in [-0.4, -0.2) is 41.6 Å². The fourth-order valence-electron chi connectivity index (χ4n) is 3.85. The van der Waals surface area contributed by atoms with Crippen LogP contribution in [0, 0.1) is 5.92 Å². The molecule has 3 heterocycles. The zero-order chi connectivity index (χ0) is 20.1. The number of pyridine rings is 1. The van der Waals surface area contributed by atoms with E-state index >= 15 is 0 Å². The summed E-state index contributed by atoms with van der Waals surface area (Å²) in [6.45, 7) is 5.27. The van der Waals surface area contributed by atoms with Crippen LogP contribution < -0.4 is 9.80 Å². The topological polar surface area (TPSA) is 45.2 Å². The predicted molar refractivity (Wildman–Crippen MR) is 119 cm³/mol. The third-order valence-corrected chi connectivity index (χ3v) is 5.59. The second-order valence-corrected chi connectivity index (χ2v) is 8.00. The minimum Gasteiger partial charge on any atom is -0.359 e. The van der Waals surface area contributed by atoms with E-state index in [1.807, 2.05) is 18.5 Å². The summed E-state index contributed by atoms with van der Waals surface area (Å²) >= 11 is 0. The van der Waals surface area contributed by atoms with Crippen molar-refractivity contribution in [3.8, 4) is 11.3 Å². The van der Waals surface area contributed by atoms with Crippen molar-refractivity contribution in [2.75, 3.05) is 36.5 Å². The number of hydrogen-bond donors (Lipinski definition) is 0. The second-order valence-electron chi connectivity index (χ2n) is 8.00. The van der Waals surface area contributed by atoms with Gasteiger partial charge in [-0.3, -0.25) is 4.98 Å². The number of nitrogens with zero attached hydrogens (tertiary/aromatic N) is 5. The molecule has 0 aliphatic carbocycles. The molecule has 2 aromatic heterocycles. The molecule has 1 unspecified atom stereocenters. The van der Waals surface area contributed by atoms with Crippen molar-refractivity contribution in [2.45, 2.75) is 26.2 Å². The molecular formula is C24H29N5. The lowest BCUT2D eigenvalue weighted by molar-refractivity contribution is 0.442. The van der Waals surface area contributed by atoms with E-state index in [1.165, 1.54) is 18.4 Å². The zero-order valence-electron chi connectivity index (χ0n) is 17.3. The molecule has 0 radical (unpaired) electrons. The first-order valence-electron chi connectivity index (χ1n) is 10.5. The number of piperidine rings is 1. The molecule has 3 aromatic rings. The van der Waals surface area contributed by atoms with Gasteiger partial charge >= 0.3 is 0 Å². The van der Waals surface area contributed by atoms with Crippen LogP contribution in [0.25, 0.3) is 11.3 Å². The van der Waals surface area contributed by atoms with Gasteiger partial charge < -0.3 is 9.80 Å². The minimum atomic E-state index is 0.681. The van der Waals surface area contributed by atoms with Crippen LogP contribution in [0.5, 0.6) is 0 Å². The molecule has 29 heavy (non-hydrogen) atoms. The Labute approximate surface area is 173 Å². The van der Waals surface area contributed by atoms with Gasteiger partial charge in [-0.25, -0.2) is 4.98 Å². The predicted octanol–water partition coefficient (Wildman–Crippen LogP) is 4.45. The molecule has 150 valence electrons. The Morgan fingerprint density at radius 3 is 2.62 bits per heavy atom. The van der Waals surface area contributed by atoms with Crippen molar-refractivity contribution in [2.24, 2.45) is 5.92 Å². The van der Waals surface area contributed by atoms with Crippen molar-refractivity contribution in [1.29, 1.82) is 0 Å². The van der Waals surface area contributed by atoms with Gasteiger partial charge in [-0.2, -0.15) is 4.98 Å². The van der Waals surface area contributed by atoms with Gasteiger partial charge in [0, 0.05) is 50.7 Å². The number of rotatable bonds is 6. The van der Waals surface area contributed by atoms with Gasteiger partial charge in [-0.15, -0.1) is 0 Å². The third-order valence-electron chi connectivity index (χ3n) is 5.59. The van der Waals surface area contributed by atoms with Gasteiger partial charge in [0.2, 0.25) is 5.95 Å². The summed E-state index contributed by atoms with van der Waals surface area (Å²) in [5, 5.41) is 0. The normalized spacial score (nSPS) is 16.6. The Bertz CT molecular complexity index is 913. The van der Waals surface area contributed by atoms with Crippen LogP contribution in [0.1, 0.15) is 25.3 Å². The molecule has 1 fully saturated rings. The largest absolute Gasteiger partial charge is 0.359 e. The highest BCUT2D eigenvalue weighted by molar-refractivity contribution is 5.65. The van der Waals surface area contributed by atoms with E-state index in [2.05, 4.69) is 71.2 Å². The highest BCUT2D eigenvalue weighted by Crippen LogP contribution is 2.27. The van der Waals surface area contributed by atoms with Crippen LogP contribution in [-0.2, 0) is 6.42 Å². The summed E-state index contributed by atoms with van der Waals surface area (Å²) in [4.78, 5) is 18.6. The van der Waals surface area contributed by atoms with E-state index in [9.17, 15) is 0 Å². The van der Waals surface area contributed by atoms with E-state index in [0.29, 0.717) is 5.92 Å². The molecule has 0 spiro atoms. The first kappa shape index (κ1) is 19.4. The molecule has 1 atom stereocenters. The molecule has 5 heteroatoms. The lowest BCUT2D eigenvalue weighted by Crippen LogP contribution is -2.36. The maximum atomic E-state index is 4.96. The molecule has 0 amide bonds. The molecule has 0 saturated carbocycles. The molecule has 1 aromatic carbocycles. The Morgan fingerprint density at radius 1 is 1.07 bits per heavy atom. The van der Waals surface area contributed by atoms with E-state index < -0.39 is 0 Å². The lowest BCUT2D eigenvalue weighted by atomic mass is 10.0. The van der Waals surface area contributed by atoms with Crippen LogP contribution in [0.15, 0.2) is 60.9 Å².